The summed E-state index contributed by atoms with van der Waals surface area (Å²) in [6.07, 6.45) is 5.62. The van der Waals surface area contributed by atoms with Gasteiger partial charge in [0.05, 0.1) is 12.1 Å². The van der Waals surface area contributed by atoms with Crippen LogP contribution in [0, 0.1) is 0 Å². The van der Waals surface area contributed by atoms with Gasteiger partial charge in [0, 0.05) is 37.6 Å². The van der Waals surface area contributed by atoms with Gasteiger partial charge >= 0.3 is 0 Å². The summed E-state index contributed by atoms with van der Waals surface area (Å²) in [5, 5.41) is 10.7. The molecule has 1 fully saturated rings. The van der Waals surface area contributed by atoms with Crippen molar-refractivity contribution in [1.29, 1.82) is 0 Å². The van der Waals surface area contributed by atoms with Crippen LogP contribution in [0.15, 0.2) is 42.7 Å². The number of rotatable bonds is 3. The zero-order valence-corrected chi connectivity index (χ0v) is 13.9. The van der Waals surface area contributed by atoms with Gasteiger partial charge in [-0.3, -0.25) is 14.3 Å². The van der Waals surface area contributed by atoms with Crippen LogP contribution in [0.25, 0.3) is 0 Å². The van der Waals surface area contributed by atoms with E-state index in [1.807, 2.05) is 35.4 Å². The van der Waals surface area contributed by atoms with Gasteiger partial charge < -0.3 is 15.5 Å². The van der Waals surface area contributed by atoms with Gasteiger partial charge in [-0.1, -0.05) is 12.1 Å². The largest absolute Gasteiger partial charge is 0.361 e. The Balaban J connectivity index is 1.46. The van der Waals surface area contributed by atoms with Crippen molar-refractivity contribution >= 4 is 17.5 Å². The van der Waals surface area contributed by atoms with Crippen molar-refractivity contribution in [2.24, 2.45) is 0 Å². The normalized spacial score (nSPS) is 22.2. The Kier molecular flexibility index (Phi) is 3.91. The Labute approximate surface area is 146 Å². The van der Waals surface area contributed by atoms with Gasteiger partial charge in [-0.05, 0) is 31.0 Å². The Morgan fingerprint density at radius 3 is 2.96 bits per heavy atom. The zero-order valence-electron chi connectivity index (χ0n) is 13.9. The van der Waals surface area contributed by atoms with Gasteiger partial charge in [0.15, 0.2) is 0 Å². The Bertz CT molecular complexity index is 789. The maximum Gasteiger partial charge on any atom is 0.255 e. The molecule has 1 aromatic heterocycles. The molecule has 2 aliphatic heterocycles. The summed E-state index contributed by atoms with van der Waals surface area (Å²) in [5.74, 6) is 0.00433. The number of fused-ring (bicyclic) bond motifs is 1. The second-order valence-electron chi connectivity index (χ2n) is 6.64. The van der Waals surface area contributed by atoms with Crippen LogP contribution in [0.4, 0.5) is 5.69 Å². The molecule has 7 heteroatoms. The van der Waals surface area contributed by atoms with Gasteiger partial charge in [-0.25, -0.2) is 0 Å². The molecule has 2 aromatic rings. The van der Waals surface area contributed by atoms with Crippen LogP contribution in [0.1, 0.15) is 29.6 Å². The average Bonchev–Trinajstić information content (AvgIpc) is 3.13. The number of aryl methyl sites for hydroxylation is 1. The van der Waals surface area contributed by atoms with Crippen molar-refractivity contribution in [1.82, 2.24) is 20.0 Å². The number of hydrogen-bond donors (Lipinski definition) is 2. The Hall–Kier alpha value is -2.83. The van der Waals surface area contributed by atoms with Crippen molar-refractivity contribution in [2.45, 2.75) is 31.5 Å². The third-order valence-electron chi connectivity index (χ3n) is 4.86. The topological polar surface area (TPSA) is 79.3 Å². The highest BCUT2D eigenvalue weighted by Crippen LogP contribution is 2.30. The molecule has 0 saturated carbocycles. The molecule has 0 radical (unpaired) electrons. The molecule has 2 N–H and O–H groups in total. The van der Waals surface area contributed by atoms with Crippen LogP contribution < -0.4 is 10.6 Å². The van der Waals surface area contributed by atoms with Crippen LogP contribution >= 0.6 is 0 Å². The number of nitrogens with one attached hydrogen (secondary N) is 2. The zero-order chi connectivity index (χ0) is 17.3. The third kappa shape index (κ3) is 3.09. The molecule has 1 aromatic carbocycles. The minimum atomic E-state index is -0.578. The third-order valence-corrected chi connectivity index (χ3v) is 4.86. The number of aromatic nitrogens is 2. The van der Waals surface area contributed by atoms with Crippen LogP contribution in [-0.4, -0.2) is 45.2 Å². The van der Waals surface area contributed by atoms with Crippen molar-refractivity contribution in [2.75, 3.05) is 18.4 Å². The van der Waals surface area contributed by atoms with Gasteiger partial charge in [-0.2, -0.15) is 5.10 Å². The molecular weight excluding hydrogens is 318 g/mol. The van der Waals surface area contributed by atoms with Crippen molar-refractivity contribution in [3.8, 4) is 0 Å². The first kappa shape index (κ1) is 15.7. The highest BCUT2D eigenvalue weighted by atomic mass is 16.2. The standard InChI is InChI=1S/C18H21N5O2/c24-16(7-12-23-11-4-9-19-23)22-10-3-8-18(13-22)20-15-6-2-1-5-14(15)17(25)21-18/h1-2,4-6,9,11,20H,3,7-8,10,12-13H2,(H,21,25). The summed E-state index contributed by atoms with van der Waals surface area (Å²) in [5.41, 5.74) is 0.901. The number of hydrogen-bond acceptors (Lipinski definition) is 4. The maximum absolute atomic E-state index is 12.6. The van der Waals surface area contributed by atoms with E-state index in [1.165, 1.54) is 0 Å². The lowest BCUT2D eigenvalue weighted by molar-refractivity contribution is -0.133. The number of piperidine rings is 1. The summed E-state index contributed by atoms with van der Waals surface area (Å²) >= 11 is 0. The molecule has 2 aliphatic rings. The first-order chi connectivity index (χ1) is 12.2. The molecule has 1 spiro atoms. The van der Waals surface area contributed by atoms with E-state index < -0.39 is 5.66 Å². The van der Waals surface area contributed by atoms with Crippen LogP contribution in [0.5, 0.6) is 0 Å². The lowest BCUT2D eigenvalue weighted by atomic mass is 9.93. The van der Waals surface area contributed by atoms with E-state index in [0.717, 1.165) is 25.1 Å². The van der Waals surface area contributed by atoms with Gasteiger partial charge in [0.1, 0.15) is 5.66 Å². The summed E-state index contributed by atoms with van der Waals surface area (Å²) in [6, 6.07) is 9.33. The summed E-state index contributed by atoms with van der Waals surface area (Å²) in [4.78, 5) is 26.9. The van der Waals surface area contributed by atoms with Crippen LogP contribution in [-0.2, 0) is 11.3 Å². The van der Waals surface area contributed by atoms with E-state index in [2.05, 4.69) is 15.7 Å². The molecule has 25 heavy (non-hydrogen) atoms. The fraction of sp³-hybridized carbons (Fsp3) is 0.389. The van der Waals surface area contributed by atoms with E-state index in [0.29, 0.717) is 25.1 Å². The minimum Gasteiger partial charge on any atom is -0.361 e. The number of carbonyl (C=O) groups excluding carboxylic acids is 2. The number of anilines is 1. The Morgan fingerprint density at radius 1 is 1.24 bits per heavy atom. The second kappa shape index (κ2) is 6.23. The van der Waals surface area contributed by atoms with Gasteiger partial charge in [0.2, 0.25) is 5.91 Å². The molecule has 4 rings (SSSR count). The lowest BCUT2D eigenvalue weighted by Gasteiger charge is -2.46. The molecule has 0 aliphatic carbocycles. The fourth-order valence-corrected chi connectivity index (χ4v) is 3.64. The van der Waals surface area contributed by atoms with E-state index >= 15 is 0 Å². The molecule has 1 unspecified atom stereocenters. The predicted molar refractivity (Wildman–Crippen MR) is 92.9 cm³/mol. The lowest BCUT2D eigenvalue weighted by Crippen LogP contribution is -2.66. The quantitative estimate of drug-likeness (QED) is 0.887. The minimum absolute atomic E-state index is 0.0832. The molecule has 1 atom stereocenters. The highest BCUT2D eigenvalue weighted by Gasteiger charge is 2.41. The van der Waals surface area contributed by atoms with Gasteiger partial charge in [0.25, 0.3) is 5.91 Å². The molecule has 1 saturated heterocycles. The first-order valence-corrected chi connectivity index (χ1v) is 8.60. The summed E-state index contributed by atoms with van der Waals surface area (Å²) < 4.78 is 1.76. The van der Waals surface area contributed by atoms with Crippen LogP contribution in [0.2, 0.25) is 0 Å². The van der Waals surface area contributed by atoms with Crippen molar-refractivity contribution in [3.63, 3.8) is 0 Å². The SMILES string of the molecule is O=C1NC2(CCCN(C(=O)CCn3cccn3)C2)Nc2ccccc21. The average molecular weight is 339 g/mol. The number of carbonyl (C=O) groups is 2. The fourth-order valence-electron chi connectivity index (χ4n) is 3.64. The predicted octanol–water partition coefficient (Wildman–Crippen LogP) is 1.45. The molecule has 130 valence electrons. The number of benzene rings is 1. The smallest absolute Gasteiger partial charge is 0.255 e. The van der Waals surface area contributed by atoms with E-state index in [-0.39, 0.29) is 11.8 Å². The van der Waals surface area contributed by atoms with E-state index in [1.54, 1.807) is 16.9 Å². The first-order valence-electron chi connectivity index (χ1n) is 8.60. The molecule has 7 nitrogen and oxygen atoms in total. The number of para-hydroxylation sites is 1. The number of nitrogens with zero attached hydrogens (tertiary/aromatic N) is 3. The number of amides is 2. The second-order valence-corrected chi connectivity index (χ2v) is 6.64. The van der Waals surface area contributed by atoms with Crippen LogP contribution in [0.3, 0.4) is 0 Å². The highest BCUT2D eigenvalue weighted by molar-refractivity contribution is 6.02. The van der Waals surface area contributed by atoms with Crippen molar-refractivity contribution < 1.29 is 9.59 Å². The van der Waals surface area contributed by atoms with E-state index in [4.69, 9.17) is 0 Å². The number of likely N-dealkylation sites (tertiary alicyclic amines) is 1. The van der Waals surface area contributed by atoms with E-state index in [9.17, 15) is 9.59 Å². The summed E-state index contributed by atoms with van der Waals surface area (Å²) in [7, 11) is 0. The molecule has 0 bridgehead atoms. The van der Waals surface area contributed by atoms with Crippen molar-refractivity contribution in [3.05, 3.63) is 48.3 Å². The maximum atomic E-state index is 12.6. The summed E-state index contributed by atoms with van der Waals surface area (Å²) in [6.45, 7) is 1.77. The Morgan fingerprint density at radius 2 is 2.12 bits per heavy atom. The van der Waals surface area contributed by atoms with Gasteiger partial charge in [-0.15, -0.1) is 0 Å². The monoisotopic (exact) mass is 339 g/mol. The molecule has 3 heterocycles. The molecular formula is C18H21N5O2. The molecule has 2 amide bonds.